The summed E-state index contributed by atoms with van der Waals surface area (Å²) in [5.74, 6) is 4.49. The molecule has 210 valence electrons. The molecule has 1 aromatic heterocycles. The Morgan fingerprint density at radius 1 is 1.08 bits per heavy atom. The molecule has 4 aliphatic rings. The standard InChI is InChI=1S/C32H55N3O2/c1-21(2)7-6-8-22(3)26-9-10-27-25-17-29(34-16-13-23-19-33-20-35-23)32(37)18-24(36)11-15-31(32,5)28(25)12-14-30(26,27)4/h19-22,24-29,34,36-37H,6-18H2,1-5H3,(H,33,35)/t22?,24-,25-,26+,27-,28-,29+,30+,31+,32?/m0/s1. The van der Waals surface area contributed by atoms with Crippen molar-refractivity contribution in [2.45, 2.75) is 129 Å². The number of imidazole rings is 1. The van der Waals surface area contributed by atoms with Gasteiger partial charge in [-0.15, -0.1) is 0 Å². The third-order valence-electron chi connectivity index (χ3n) is 12.4. The van der Waals surface area contributed by atoms with Gasteiger partial charge in [-0.1, -0.05) is 53.9 Å². The largest absolute Gasteiger partial charge is 0.393 e. The van der Waals surface area contributed by atoms with Gasteiger partial charge in [0.2, 0.25) is 0 Å². The van der Waals surface area contributed by atoms with Crippen molar-refractivity contribution < 1.29 is 10.2 Å². The van der Waals surface area contributed by atoms with Crippen LogP contribution < -0.4 is 5.32 Å². The molecule has 1 heterocycles. The van der Waals surface area contributed by atoms with Crippen LogP contribution in [0, 0.1) is 46.3 Å². The molecule has 4 N–H and O–H groups in total. The first kappa shape index (κ1) is 27.6. The lowest BCUT2D eigenvalue weighted by atomic mass is 9.42. The Labute approximate surface area is 226 Å². The van der Waals surface area contributed by atoms with Crippen LogP contribution in [-0.4, -0.2) is 44.5 Å². The summed E-state index contributed by atoms with van der Waals surface area (Å²) in [6.45, 7) is 13.1. The first-order valence-electron chi connectivity index (χ1n) is 15.7. The molecule has 0 radical (unpaired) electrons. The van der Waals surface area contributed by atoms with Crippen molar-refractivity contribution in [3.8, 4) is 0 Å². The Balaban J connectivity index is 1.36. The van der Waals surface area contributed by atoms with Gasteiger partial charge >= 0.3 is 0 Å². The fraction of sp³-hybridized carbons (Fsp3) is 0.906. The molecular formula is C32H55N3O2. The van der Waals surface area contributed by atoms with E-state index in [9.17, 15) is 10.2 Å². The highest BCUT2D eigenvalue weighted by atomic mass is 16.3. The maximum atomic E-state index is 12.4. The molecule has 10 atom stereocenters. The number of aromatic amines is 1. The van der Waals surface area contributed by atoms with E-state index in [4.69, 9.17) is 0 Å². The Morgan fingerprint density at radius 2 is 1.89 bits per heavy atom. The second-order valence-electron chi connectivity index (χ2n) is 14.7. The van der Waals surface area contributed by atoms with Crippen molar-refractivity contribution in [2.75, 3.05) is 6.54 Å². The SMILES string of the molecule is CC(C)CCCC(C)[C@H]1CC[C@H]2[C@@H]3C[C@@H](NCCc4cnc[nH]4)C4(O)C[C@@H](O)CC[C@]4(C)[C@H]3CC[C@]12C. The van der Waals surface area contributed by atoms with Crippen molar-refractivity contribution in [2.24, 2.45) is 46.3 Å². The fourth-order valence-electron chi connectivity index (χ4n) is 10.4. The molecule has 0 aliphatic heterocycles. The molecule has 0 spiro atoms. The number of nitrogens with zero attached hydrogens (tertiary/aromatic N) is 1. The van der Waals surface area contributed by atoms with E-state index in [0.717, 1.165) is 61.6 Å². The Hall–Kier alpha value is -0.910. The first-order chi connectivity index (χ1) is 17.6. The van der Waals surface area contributed by atoms with Crippen molar-refractivity contribution in [1.29, 1.82) is 0 Å². The molecule has 1 aromatic rings. The van der Waals surface area contributed by atoms with Crippen LogP contribution in [0.4, 0.5) is 0 Å². The lowest BCUT2D eigenvalue weighted by Crippen LogP contribution is -2.71. The molecule has 37 heavy (non-hydrogen) atoms. The van der Waals surface area contributed by atoms with Gasteiger partial charge in [0, 0.05) is 42.7 Å². The second kappa shape index (κ2) is 10.6. The first-order valence-corrected chi connectivity index (χ1v) is 15.7. The van der Waals surface area contributed by atoms with Gasteiger partial charge < -0.3 is 20.5 Å². The van der Waals surface area contributed by atoms with Crippen LogP contribution in [0.3, 0.4) is 0 Å². The van der Waals surface area contributed by atoms with E-state index in [1.807, 2.05) is 6.20 Å². The molecule has 0 bridgehead atoms. The van der Waals surface area contributed by atoms with E-state index >= 15 is 0 Å². The third-order valence-corrected chi connectivity index (χ3v) is 12.4. The predicted octanol–water partition coefficient (Wildman–Crippen LogP) is 6.12. The summed E-state index contributed by atoms with van der Waals surface area (Å²) in [5, 5.41) is 27.0. The van der Waals surface area contributed by atoms with Crippen LogP contribution in [-0.2, 0) is 6.42 Å². The topological polar surface area (TPSA) is 81.2 Å². The second-order valence-corrected chi connectivity index (χ2v) is 14.7. The minimum atomic E-state index is -0.838. The maximum absolute atomic E-state index is 12.4. The molecule has 2 unspecified atom stereocenters. The molecule has 4 aliphatic carbocycles. The Morgan fingerprint density at radius 3 is 2.62 bits per heavy atom. The van der Waals surface area contributed by atoms with E-state index in [2.05, 4.69) is 49.9 Å². The van der Waals surface area contributed by atoms with Gasteiger partial charge in [-0.25, -0.2) is 4.98 Å². The highest BCUT2D eigenvalue weighted by Crippen LogP contribution is 2.69. The monoisotopic (exact) mass is 513 g/mol. The zero-order valence-electron chi connectivity index (χ0n) is 24.3. The lowest BCUT2D eigenvalue weighted by Gasteiger charge is -2.66. The lowest BCUT2D eigenvalue weighted by molar-refractivity contribution is -0.234. The summed E-state index contributed by atoms with van der Waals surface area (Å²) in [5.41, 5.74) is 0.618. The number of H-pyrrole nitrogens is 1. The Bertz CT molecular complexity index is 889. The maximum Gasteiger partial charge on any atom is 0.0921 e. The minimum Gasteiger partial charge on any atom is -0.393 e. The number of aliphatic hydroxyl groups is 2. The van der Waals surface area contributed by atoms with Crippen LogP contribution in [0.2, 0.25) is 0 Å². The normalized spacial score (nSPS) is 44.3. The number of hydrogen-bond donors (Lipinski definition) is 4. The van der Waals surface area contributed by atoms with Crippen molar-refractivity contribution >= 4 is 0 Å². The van der Waals surface area contributed by atoms with Gasteiger partial charge in [0.1, 0.15) is 0 Å². The highest BCUT2D eigenvalue weighted by molar-refractivity contribution is 5.18. The molecule has 4 saturated carbocycles. The molecule has 5 rings (SSSR count). The zero-order valence-corrected chi connectivity index (χ0v) is 24.3. The van der Waals surface area contributed by atoms with Crippen LogP contribution in [0.5, 0.6) is 0 Å². The van der Waals surface area contributed by atoms with E-state index < -0.39 is 5.60 Å². The summed E-state index contributed by atoms with van der Waals surface area (Å²) in [4.78, 5) is 7.39. The van der Waals surface area contributed by atoms with E-state index in [0.29, 0.717) is 23.7 Å². The van der Waals surface area contributed by atoms with Crippen molar-refractivity contribution in [1.82, 2.24) is 15.3 Å². The molecule has 0 aromatic carbocycles. The summed E-state index contributed by atoms with van der Waals surface area (Å²) in [6, 6.07) is 0.0430. The third kappa shape index (κ3) is 4.84. The number of aliphatic hydroxyl groups excluding tert-OH is 1. The molecule has 4 fully saturated rings. The summed E-state index contributed by atoms with van der Waals surface area (Å²) < 4.78 is 0. The quantitative estimate of drug-likeness (QED) is 0.321. The van der Waals surface area contributed by atoms with E-state index in [1.165, 1.54) is 44.9 Å². The average Bonchev–Trinajstić information content (AvgIpc) is 3.48. The summed E-state index contributed by atoms with van der Waals surface area (Å²) in [7, 11) is 0. The van der Waals surface area contributed by atoms with E-state index in [-0.39, 0.29) is 17.6 Å². The average molecular weight is 514 g/mol. The van der Waals surface area contributed by atoms with Crippen LogP contribution >= 0.6 is 0 Å². The van der Waals surface area contributed by atoms with Crippen molar-refractivity contribution in [3.05, 3.63) is 18.2 Å². The van der Waals surface area contributed by atoms with Gasteiger partial charge in [-0.3, -0.25) is 0 Å². The number of fused-ring (bicyclic) bond motifs is 5. The molecule has 5 heteroatoms. The van der Waals surface area contributed by atoms with Gasteiger partial charge in [-0.2, -0.15) is 0 Å². The van der Waals surface area contributed by atoms with Crippen LogP contribution in [0.1, 0.15) is 111 Å². The Kier molecular flexibility index (Phi) is 7.90. The molecule has 5 nitrogen and oxygen atoms in total. The fourth-order valence-corrected chi connectivity index (χ4v) is 10.4. The molecule has 0 saturated heterocycles. The molecular weight excluding hydrogens is 458 g/mol. The molecule has 0 amide bonds. The summed E-state index contributed by atoms with van der Waals surface area (Å²) in [6.07, 6.45) is 16.9. The van der Waals surface area contributed by atoms with Gasteiger partial charge in [0.25, 0.3) is 0 Å². The van der Waals surface area contributed by atoms with Crippen LogP contribution in [0.15, 0.2) is 12.5 Å². The summed E-state index contributed by atoms with van der Waals surface area (Å²) >= 11 is 0. The zero-order chi connectivity index (χ0) is 26.4. The number of aromatic nitrogens is 2. The number of hydrogen-bond acceptors (Lipinski definition) is 4. The number of nitrogens with one attached hydrogen (secondary N) is 2. The van der Waals surface area contributed by atoms with E-state index in [1.54, 1.807) is 6.33 Å². The predicted molar refractivity (Wildman–Crippen MR) is 150 cm³/mol. The van der Waals surface area contributed by atoms with Gasteiger partial charge in [-0.05, 0) is 85.9 Å². The number of rotatable bonds is 9. The highest BCUT2D eigenvalue weighted by Gasteiger charge is 2.67. The van der Waals surface area contributed by atoms with Crippen LogP contribution in [0.25, 0.3) is 0 Å². The van der Waals surface area contributed by atoms with Crippen molar-refractivity contribution in [3.63, 3.8) is 0 Å². The minimum absolute atomic E-state index is 0.0430. The van der Waals surface area contributed by atoms with Gasteiger partial charge in [0.05, 0.1) is 18.0 Å². The smallest absolute Gasteiger partial charge is 0.0921 e. The van der Waals surface area contributed by atoms with Gasteiger partial charge in [0.15, 0.2) is 0 Å².